The molecule has 1 saturated heterocycles. The lowest BCUT2D eigenvalue weighted by Crippen LogP contribution is -2.09. The molecule has 0 unspecified atom stereocenters. The van der Waals surface area contributed by atoms with Crippen molar-refractivity contribution in [3.05, 3.63) is 33.8 Å². The predicted molar refractivity (Wildman–Crippen MR) is 73.7 cm³/mol. The summed E-state index contributed by atoms with van der Waals surface area (Å²) in [6.07, 6.45) is 2.57. The fraction of sp³-hybridized carbons (Fsp3) is 0.500. The SMILES string of the molecule is C[C@@H]1CS[C@@]2(CCc3cc(Br)ccc32)S1. The van der Waals surface area contributed by atoms with E-state index in [1.54, 1.807) is 11.1 Å². The van der Waals surface area contributed by atoms with Crippen LogP contribution in [0.3, 0.4) is 0 Å². The first-order chi connectivity index (χ1) is 7.20. The Morgan fingerprint density at radius 3 is 3.07 bits per heavy atom. The highest BCUT2D eigenvalue weighted by Gasteiger charge is 2.44. The van der Waals surface area contributed by atoms with Gasteiger partial charge in [0, 0.05) is 15.5 Å². The highest BCUT2D eigenvalue weighted by molar-refractivity contribution is 9.10. The summed E-state index contributed by atoms with van der Waals surface area (Å²) < 4.78 is 1.62. The van der Waals surface area contributed by atoms with Crippen molar-refractivity contribution in [1.82, 2.24) is 0 Å². The Morgan fingerprint density at radius 2 is 2.33 bits per heavy atom. The van der Waals surface area contributed by atoms with Gasteiger partial charge in [-0.2, -0.15) is 0 Å². The fourth-order valence-electron chi connectivity index (χ4n) is 2.49. The number of hydrogen-bond acceptors (Lipinski definition) is 2. The van der Waals surface area contributed by atoms with Crippen LogP contribution in [0.25, 0.3) is 0 Å². The van der Waals surface area contributed by atoms with Gasteiger partial charge in [0.05, 0.1) is 4.08 Å². The van der Waals surface area contributed by atoms with Crippen LogP contribution in [0.15, 0.2) is 22.7 Å². The highest BCUT2D eigenvalue weighted by atomic mass is 79.9. The Hall–Kier alpha value is 0.400. The van der Waals surface area contributed by atoms with E-state index < -0.39 is 0 Å². The van der Waals surface area contributed by atoms with Crippen molar-refractivity contribution < 1.29 is 0 Å². The summed E-state index contributed by atoms with van der Waals surface area (Å²) in [5.41, 5.74) is 3.14. The zero-order valence-electron chi connectivity index (χ0n) is 8.63. The van der Waals surface area contributed by atoms with Crippen molar-refractivity contribution in [2.24, 2.45) is 0 Å². The lowest BCUT2D eigenvalue weighted by atomic mass is 10.1. The second-order valence-electron chi connectivity index (χ2n) is 4.29. The Labute approximate surface area is 108 Å². The van der Waals surface area contributed by atoms with Crippen LogP contribution < -0.4 is 0 Å². The van der Waals surface area contributed by atoms with Gasteiger partial charge < -0.3 is 0 Å². The summed E-state index contributed by atoms with van der Waals surface area (Å²) >= 11 is 7.89. The van der Waals surface area contributed by atoms with Crippen molar-refractivity contribution in [3.8, 4) is 0 Å². The second-order valence-corrected chi connectivity index (χ2v) is 8.52. The normalized spacial score (nSPS) is 33.6. The number of fused-ring (bicyclic) bond motifs is 2. The second kappa shape index (κ2) is 3.71. The van der Waals surface area contributed by atoms with Gasteiger partial charge in [0.1, 0.15) is 0 Å². The fourth-order valence-corrected chi connectivity index (χ4v) is 6.65. The number of benzene rings is 1. The van der Waals surface area contributed by atoms with E-state index in [2.05, 4.69) is 64.6 Å². The molecule has 1 spiro atoms. The molecule has 3 rings (SSSR count). The molecule has 0 N–H and O–H groups in total. The molecule has 0 saturated carbocycles. The Balaban J connectivity index is 2.04. The molecule has 1 heterocycles. The maximum atomic E-state index is 3.56. The minimum atomic E-state index is 0.398. The molecule has 80 valence electrons. The van der Waals surface area contributed by atoms with Crippen LogP contribution in [0.4, 0.5) is 0 Å². The van der Waals surface area contributed by atoms with Crippen molar-refractivity contribution >= 4 is 39.5 Å². The van der Waals surface area contributed by atoms with Crippen molar-refractivity contribution in [1.29, 1.82) is 0 Å². The molecular formula is C12H13BrS2. The lowest BCUT2D eigenvalue weighted by molar-refractivity contribution is 0.843. The first-order valence-electron chi connectivity index (χ1n) is 5.30. The molecule has 1 aliphatic carbocycles. The summed E-state index contributed by atoms with van der Waals surface area (Å²) in [6.45, 7) is 2.35. The van der Waals surface area contributed by atoms with E-state index in [1.807, 2.05) is 0 Å². The first kappa shape index (κ1) is 10.5. The quantitative estimate of drug-likeness (QED) is 0.696. The zero-order chi connectivity index (χ0) is 10.5. The van der Waals surface area contributed by atoms with E-state index in [0.29, 0.717) is 4.08 Å². The van der Waals surface area contributed by atoms with Crippen molar-refractivity contribution in [2.45, 2.75) is 29.1 Å². The summed E-state index contributed by atoms with van der Waals surface area (Å²) in [5, 5.41) is 0.810. The van der Waals surface area contributed by atoms with Gasteiger partial charge in [0.15, 0.2) is 0 Å². The molecule has 1 aromatic carbocycles. The minimum absolute atomic E-state index is 0.398. The lowest BCUT2D eigenvalue weighted by Gasteiger charge is -2.22. The van der Waals surface area contributed by atoms with Gasteiger partial charge >= 0.3 is 0 Å². The molecular weight excluding hydrogens is 288 g/mol. The Bertz CT molecular complexity index is 405. The molecule has 15 heavy (non-hydrogen) atoms. The average Bonchev–Trinajstić information content (AvgIpc) is 2.73. The van der Waals surface area contributed by atoms with Gasteiger partial charge in [0.2, 0.25) is 0 Å². The standard InChI is InChI=1S/C12H13BrS2/c1-8-7-14-12(15-8)5-4-9-6-10(13)2-3-11(9)12/h2-3,6,8H,4-5,7H2,1H3/t8-,12+/m1/s1. The van der Waals surface area contributed by atoms with Crippen LogP contribution >= 0.6 is 39.5 Å². The summed E-state index contributed by atoms with van der Waals surface area (Å²) in [4.78, 5) is 0. The van der Waals surface area contributed by atoms with Crippen LogP contribution in [0.5, 0.6) is 0 Å². The summed E-state index contributed by atoms with van der Waals surface area (Å²) in [5.74, 6) is 1.31. The number of rotatable bonds is 0. The topological polar surface area (TPSA) is 0 Å². The predicted octanol–water partition coefficient (Wildman–Crippen LogP) is 4.42. The molecule has 1 aliphatic heterocycles. The molecule has 3 heteroatoms. The van der Waals surface area contributed by atoms with Crippen LogP contribution in [-0.2, 0) is 10.5 Å². The number of hydrogen-bond donors (Lipinski definition) is 0. The molecule has 0 aromatic heterocycles. The van der Waals surface area contributed by atoms with Gasteiger partial charge in [-0.15, -0.1) is 23.5 Å². The highest BCUT2D eigenvalue weighted by Crippen LogP contribution is 2.61. The van der Waals surface area contributed by atoms with Crippen LogP contribution in [0.2, 0.25) is 0 Å². The van der Waals surface area contributed by atoms with E-state index in [1.165, 1.54) is 23.1 Å². The van der Waals surface area contributed by atoms with E-state index >= 15 is 0 Å². The van der Waals surface area contributed by atoms with Gasteiger partial charge in [-0.3, -0.25) is 0 Å². The largest absolute Gasteiger partial charge is 0.138 e. The third-order valence-electron chi connectivity index (χ3n) is 3.14. The van der Waals surface area contributed by atoms with Gasteiger partial charge in [-0.05, 0) is 36.1 Å². The monoisotopic (exact) mass is 300 g/mol. The van der Waals surface area contributed by atoms with Gasteiger partial charge in [-0.1, -0.05) is 28.9 Å². The maximum absolute atomic E-state index is 3.56. The molecule has 2 atom stereocenters. The Kier molecular flexibility index (Phi) is 2.61. The summed E-state index contributed by atoms with van der Waals surface area (Å²) in [6, 6.07) is 6.81. The third-order valence-corrected chi connectivity index (χ3v) is 7.42. The molecule has 0 radical (unpaired) electrons. The molecule has 0 amide bonds. The average molecular weight is 301 g/mol. The van der Waals surface area contributed by atoms with Crippen molar-refractivity contribution in [3.63, 3.8) is 0 Å². The van der Waals surface area contributed by atoms with Crippen LogP contribution in [-0.4, -0.2) is 11.0 Å². The zero-order valence-corrected chi connectivity index (χ0v) is 11.8. The molecule has 2 aliphatic rings. The van der Waals surface area contributed by atoms with E-state index in [0.717, 1.165) is 5.25 Å². The number of halogens is 1. The smallest absolute Gasteiger partial charge is 0.0869 e. The number of aryl methyl sites for hydroxylation is 1. The van der Waals surface area contributed by atoms with Crippen LogP contribution in [0.1, 0.15) is 24.5 Å². The third kappa shape index (κ3) is 1.67. The molecule has 1 aromatic rings. The van der Waals surface area contributed by atoms with Crippen molar-refractivity contribution in [2.75, 3.05) is 5.75 Å². The number of thioether (sulfide) groups is 2. The molecule has 1 fully saturated rings. The van der Waals surface area contributed by atoms with E-state index in [-0.39, 0.29) is 0 Å². The minimum Gasteiger partial charge on any atom is -0.138 e. The summed E-state index contributed by atoms with van der Waals surface area (Å²) in [7, 11) is 0. The van der Waals surface area contributed by atoms with E-state index in [4.69, 9.17) is 0 Å². The maximum Gasteiger partial charge on any atom is 0.0869 e. The van der Waals surface area contributed by atoms with Gasteiger partial charge in [0.25, 0.3) is 0 Å². The van der Waals surface area contributed by atoms with Crippen LogP contribution in [0, 0.1) is 0 Å². The molecule has 0 nitrogen and oxygen atoms in total. The van der Waals surface area contributed by atoms with Gasteiger partial charge in [-0.25, -0.2) is 0 Å². The molecule has 0 bridgehead atoms. The van der Waals surface area contributed by atoms with E-state index in [9.17, 15) is 0 Å². The Morgan fingerprint density at radius 1 is 1.47 bits per heavy atom. The first-order valence-corrected chi connectivity index (χ1v) is 7.96.